The van der Waals surface area contributed by atoms with Crippen LogP contribution in [0.15, 0.2) is 4.99 Å². The molecule has 0 aromatic carbocycles. The lowest BCUT2D eigenvalue weighted by Gasteiger charge is -2.09. The molecule has 5 nitrogen and oxygen atoms in total. The summed E-state index contributed by atoms with van der Waals surface area (Å²) in [6.07, 6.45) is 0. The van der Waals surface area contributed by atoms with E-state index in [0.29, 0.717) is 5.96 Å². The second-order valence-corrected chi connectivity index (χ2v) is 2.24. The molecular formula is C6H14N4O. The third-order valence-electron chi connectivity index (χ3n) is 1.12. The molecule has 0 fully saturated rings. The maximum atomic E-state index is 10.6. The molecule has 0 saturated carbocycles. The van der Waals surface area contributed by atoms with Gasteiger partial charge in [0.05, 0.1) is 0 Å². The molecule has 3 N–H and O–H groups in total. The Morgan fingerprint density at radius 1 is 1.64 bits per heavy atom. The Morgan fingerprint density at radius 3 is 2.55 bits per heavy atom. The van der Waals surface area contributed by atoms with Crippen molar-refractivity contribution in [1.29, 1.82) is 0 Å². The number of guanidine groups is 1. The van der Waals surface area contributed by atoms with E-state index in [0.717, 1.165) is 0 Å². The lowest BCUT2D eigenvalue weighted by molar-refractivity contribution is -0.119. The molecule has 0 unspecified atom stereocenters. The Hall–Kier alpha value is -1.26. The van der Waals surface area contributed by atoms with Crippen LogP contribution in [0.4, 0.5) is 0 Å². The molecule has 0 aliphatic carbocycles. The number of aliphatic imine (C=N–C) groups is 1. The van der Waals surface area contributed by atoms with Gasteiger partial charge in [-0.25, -0.2) is 4.99 Å². The largest absolute Gasteiger partial charge is 0.370 e. The minimum absolute atomic E-state index is 0.0838. The molecular weight excluding hydrogens is 144 g/mol. The summed E-state index contributed by atoms with van der Waals surface area (Å²) in [5, 5.41) is 2.44. The van der Waals surface area contributed by atoms with Gasteiger partial charge in [-0.05, 0) is 0 Å². The highest BCUT2D eigenvalue weighted by molar-refractivity contribution is 5.83. The topological polar surface area (TPSA) is 70.7 Å². The predicted octanol–water partition coefficient (Wildman–Crippen LogP) is -1.39. The second kappa shape index (κ2) is 4.54. The molecule has 0 rings (SSSR count). The number of hydrogen-bond donors (Lipinski definition) is 2. The molecule has 0 atom stereocenters. The minimum atomic E-state index is -0.144. The lowest BCUT2D eigenvalue weighted by atomic mass is 10.6. The number of likely N-dealkylation sites (N-methyl/N-ethyl adjacent to an activating group) is 1. The SMILES string of the molecule is CNC(=O)CN=C(N)N(C)C. The third-order valence-corrected chi connectivity index (χ3v) is 1.12. The van der Waals surface area contributed by atoms with Crippen molar-refractivity contribution in [3.8, 4) is 0 Å². The summed E-state index contributed by atoms with van der Waals surface area (Å²) < 4.78 is 0. The van der Waals surface area contributed by atoms with E-state index in [-0.39, 0.29) is 12.5 Å². The van der Waals surface area contributed by atoms with E-state index >= 15 is 0 Å². The zero-order chi connectivity index (χ0) is 8.85. The fourth-order valence-electron chi connectivity index (χ4n) is 0.373. The normalized spacial score (nSPS) is 11.0. The first-order valence-electron chi connectivity index (χ1n) is 3.25. The van der Waals surface area contributed by atoms with Crippen molar-refractivity contribution in [2.45, 2.75) is 0 Å². The number of carbonyl (C=O) groups is 1. The smallest absolute Gasteiger partial charge is 0.241 e. The highest BCUT2D eigenvalue weighted by Crippen LogP contribution is 1.76. The second-order valence-electron chi connectivity index (χ2n) is 2.24. The molecule has 0 spiro atoms. The van der Waals surface area contributed by atoms with E-state index in [1.54, 1.807) is 26.0 Å². The Morgan fingerprint density at radius 2 is 2.18 bits per heavy atom. The minimum Gasteiger partial charge on any atom is -0.370 e. The van der Waals surface area contributed by atoms with Crippen LogP contribution in [0.3, 0.4) is 0 Å². The van der Waals surface area contributed by atoms with E-state index in [9.17, 15) is 4.79 Å². The van der Waals surface area contributed by atoms with Crippen LogP contribution in [0.5, 0.6) is 0 Å². The Balaban J connectivity index is 3.82. The number of nitrogens with zero attached hydrogens (tertiary/aromatic N) is 2. The van der Waals surface area contributed by atoms with Gasteiger partial charge in [-0.2, -0.15) is 0 Å². The van der Waals surface area contributed by atoms with E-state index in [1.807, 2.05) is 0 Å². The summed E-state index contributed by atoms with van der Waals surface area (Å²) in [5.41, 5.74) is 5.42. The highest BCUT2D eigenvalue weighted by Gasteiger charge is 1.96. The van der Waals surface area contributed by atoms with Crippen LogP contribution in [0.25, 0.3) is 0 Å². The Labute approximate surface area is 66.3 Å². The number of carbonyl (C=O) groups excluding carboxylic acids is 1. The van der Waals surface area contributed by atoms with Gasteiger partial charge >= 0.3 is 0 Å². The van der Waals surface area contributed by atoms with Crippen LogP contribution in [0.1, 0.15) is 0 Å². The fourth-order valence-corrected chi connectivity index (χ4v) is 0.373. The third kappa shape index (κ3) is 4.19. The number of rotatable bonds is 2. The molecule has 5 heteroatoms. The number of hydrogen-bond acceptors (Lipinski definition) is 2. The molecule has 0 aliphatic heterocycles. The standard InChI is InChI=1S/C6H14N4O/c1-8-5(11)4-9-6(7)10(2)3/h4H2,1-3H3,(H2,7,9)(H,8,11). The Bertz CT molecular complexity index is 164. The first-order valence-corrected chi connectivity index (χ1v) is 3.25. The van der Waals surface area contributed by atoms with E-state index in [2.05, 4.69) is 10.3 Å². The van der Waals surface area contributed by atoms with Crippen LogP contribution in [0, 0.1) is 0 Å². The predicted molar refractivity (Wildman–Crippen MR) is 44.2 cm³/mol. The molecule has 0 heterocycles. The summed E-state index contributed by atoms with van der Waals surface area (Å²) in [4.78, 5) is 16.1. The highest BCUT2D eigenvalue weighted by atomic mass is 16.1. The number of nitrogens with one attached hydrogen (secondary N) is 1. The van der Waals surface area contributed by atoms with Gasteiger partial charge in [0.1, 0.15) is 6.54 Å². The van der Waals surface area contributed by atoms with Crippen LogP contribution < -0.4 is 11.1 Å². The van der Waals surface area contributed by atoms with E-state index < -0.39 is 0 Å². The van der Waals surface area contributed by atoms with E-state index in [1.165, 1.54) is 0 Å². The molecule has 64 valence electrons. The van der Waals surface area contributed by atoms with E-state index in [4.69, 9.17) is 5.73 Å². The quantitative estimate of drug-likeness (QED) is 0.384. The van der Waals surface area contributed by atoms with Crippen molar-refractivity contribution in [2.75, 3.05) is 27.7 Å². The van der Waals surface area contributed by atoms with Crippen molar-refractivity contribution in [2.24, 2.45) is 10.7 Å². The van der Waals surface area contributed by atoms with Gasteiger partial charge in [0.2, 0.25) is 5.91 Å². The summed E-state index contributed by atoms with van der Waals surface area (Å²) in [5.74, 6) is 0.211. The van der Waals surface area contributed by atoms with Crippen molar-refractivity contribution in [1.82, 2.24) is 10.2 Å². The van der Waals surface area contributed by atoms with Gasteiger partial charge in [0.15, 0.2) is 5.96 Å². The molecule has 0 radical (unpaired) electrons. The number of amides is 1. The summed E-state index contributed by atoms with van der Waals surface area (Å²) >= 11 is 0. The molecule has 11 heavy (non-hydrogen) atoms. The Kier molecular flexibility index (Phi) is 4.02. The first-order chi connectivity index (χ1) is 5.07. The molecule has 0 aliphatic rings. The maximum Gasteiger partial charge on any atom is 0.241 e. The summed E-state index contributed by atoms with van der Waals surface area (Å²) in [6, 6.07) is 0. The van der Waals surface area contributed by atoms with Crippen molar-refractivity contribution < 1.29 is 4.79 Å². The van der Waals surface area contributed by atoms with Gasteiger partial charge in [0, 0.05) is 21.1 Å². The zero-order valence-corrected chi connectivity index (χ0v) is 7.09. The lowest BCUT2D eigenvalue weighted by Crippen LogP contribution is -2.32. The molecule has 1 amide bonds. The summed E-state index contributed by atoms with van der Waals surface area (Å²) in [7, 11) is 5.09. The van der Waals surface area contributed by atoms with Crippen LogP contribution in [-0.4, -0.2) is 44.5 Å². The first kappa shape index (κ1) is 9.74. The average Bonchev–Trinajstić information content (AvgIpc) is 1.99. The zero-order valence-electron chi connectivity index (χ0n) is 7.09. The number of nitrogens with two attached hydrogens (primary N) is 1. The average molecular weight is 158 g/mol. The van der Waals surface area contributed by atoms with Crippen molar-refractivity contribution in [3.05, 3.63) is 0 Å². The van der Waals surface area contributed by atoms with Crippen molar-refractivity contribution in [3.63, 3.8) is 0 Å². The van der Waals surface area contributed by atoms with Crippen LogP contribution in [-0.2, 0) is 4.79 Å². The fraction of sp³-hybridized carbons (Fsp3) is 0.667. The monoisotopic (exact) mass is 158 g/mol. The summed E-state index contributed by atoms with van der Waals surface area (Å²) in [6.45, 7) is 0.0838. The van der Waals surface area contributed by atoms with Gasteiger partial charge in [-0.15, -0.1) is 0 Å². The van der Waals surface area contributed by atoms with Gasteiger partial charge in [0.25, 0.3) is 0 Å². The maximum absolute atomic E-state index is 10.6. The van der Waals surface area contributed by atoms with Crippen LogP contribution in [0.2, 0.25) is 0 Å². The molecule has 0 aromatic rings. The van der Waals surface area contributed by atoms with Gasteiger partial charge < -0.3 is 16.0 Å². The van der Waals surface area contributed by atoms with Crippen molar-refractivity contribution >= 4 is 11.9 Å². The van der Waals surface area contributed by atoms with Gasteiger partial charge in [-0.3, -0.25) is 4.79 Å². The molecule has 0 saturated heterocycles. The van der Waals surface area contributed by atoms with Gasteiger partial charge in [-0.1, -0.05) is 0 Å². The van der Waals surface area contributed by atoms with Crippen LogP contribution >= 0.6 is 0 Å². The molecule has 0 aromatic heterocycles. The molecule has 0 bridgehead atoms.